The largest absolute Gasteiger partial charge is 0.508 e. The first-order valence-electron chi connectivity index (χ1n) is 7.28. The highest BCUT2D eigenvalue weighted by molar-refractivity contribution is 7.21. The fourth-order valence-corrected chi connectivity index (χ4v) is 2.72. The van der Waals surface area contributed by atoms with Gasteiger partial charge in [-0.25, -0.2) is 4.98 Å². The average Bonchev–Trinajstić information content (AvgIpc) is 2.88. The van der Waals surface area contributed by atoms with Gasteiger partial charge in [0, 0.05) is 22.3 Å². The predicted molar refractivity (Wildman–Crippen MR) is 76.3 cm³/mol. The van der Waals surface area contributed by atoms with Gasteiger partial charge in [0.05, 0.1) is 10.2 Å². The lowest BCUT2D eigenvalue weighted by atomic mass is 10.2. The van der Waals surface area contributed by atoms with Crippen LogP contribution in [0.15, 0.2) is 42.5 Å². The first kappa shape index (κ1) is 7.38. The zero-order chi connectivity index (χ0) is 15.9. The molecule has 0 spiro atoms. The zero-order valence-electron chi connectivity index (χ0n) is 13.3. The van der Waals surface area contributed by atoms with Crippen LogP contribution in [-0.4, -0.2) is 17.1 Å². The minimum atomic E-state index is -2.49. The van der Waals surface area contributed by atoms with Crippen LogP contribution in [0.2, 0.25) is 1.41 Å². The normalized spacial score (nSPS) is 14.7. The minimum absolute atomic E-state index is 0.195. The van der Waals surface area contributed by atoms with E-state index < -0.39 is 6.98 Å². The fraction of sp³-hybridized carbons (Fsp3) is 0.0714. The summed E-state index contributed by atoms with van der Waals surface area (Å²) in [5.41, 5.74) is 1.93. The molecule has 0 aliphatic rings. The first-order valence-corrected chi connectivity index (χ1v) is 6.15. The van der Waals surface area contributed by atoms with E-state index in [4.69, 9.17) is 5.52 Å². The SMILES string of the molecule is [3H]N(c1ccc(-c2nc3ccc(O)cc3s2)cc1)C([3H])([3H])[3H]. The molecule has 2 aromatic carbocycles. The first-order chi connectivity index (χ1) is 10.3. The fourth-order valence-electron chi connectivity index (χ4n) is 1.72. The van der Waals surface area contributed by atoms with E-state index in [0.29, 0.717) is 11.0 Å². The number of hydrogen-bond donors (Lipinski definition) is 2. The smallest absolute Gasteiger partial charge is 0.160 e. The summed E-state index contributed by atoms with van der Waals surface area (Å²) in [5, 5.41) is 10.8. The zero-order valence-corrected chi connectivity index (χ0v) is 10.1. The van der Waals surface area contributed by atoms with Crippen LogP contribution >= 0.6 is 11.3 Å². The maximum absolute atomic E-state index is 9.48. The molecule has 3 aromatic rings. The molecule has 0 fully saturated rings. The van der Waals surface area contributed by atoms with Crippen LogP contribution in [0.3, 0.4) is 0 Å². The van der Waals surface area contributed by atoms with Crippen molar-refractivity contribution in [2.45, 2.75) is 0 Å². The topological polar surface area (TPSA) is 45.2 Å². The summed E-state index contributed by atoms with van der Waals surface area (Å²) in [4.78, 5) is 4.48. The molecule has 0 atom stereocenters. The highest BCUT2D eigenvalue weighted by Crippen LogP contribution is 2.32. The van der Waals surface area contributed by atoms with Crippen LogP contribution in [0.1, 0.15) is 4.11 Å². The average molecular weight is 264 g/mol. The Kier molecular flexibility index (Phi) is 1.77. The van der Waals surface area contributed by atoms with Crippen molar-refractivity contribution in [3.05, 3.63) is 42.5 Å². The van der Waals surface area contributed by atoms with Crippen molar-refractivity contribution in [2.24, 2.45) is 0 Å². The molecule has 1 heterocycles. The molecule has 0 aliphatic heterocycles. The number of benzene rings is 2. The highest BCUT2D eigenvalue weighted by Gasteiger charge is 2.06. The highest BCUT2D eigenvalue weighted by atomic mass is 32.1. The Morgan fingerprint density at radius 3 is 2.89 bits per heavy atom. The van der Waals surface area contributed by atoms with Gasteiger partial charge in [-0.2, -0.15) is 0 Å². The second-order valence-electron chi connectivity index (χ2n) is 3.83. The van der Waals surface area contributed by atoms with Crippen LogP contribution in [0, 0.1) is 0 Å². The van der Waals surface area contributed by atoms with Crippen molar-refractivity contribution in [3.8, 4) is 16.3 Å². The molecule has 0 radical (unpaired) electrons. The van der Waals surface area contributed by atoms with Gasteiger partial charge in [0.15, 0.2) is 1.41 Å². The summed E-state index contributed by atoms with van der Waals surface area (Å²) < 4.78 is 30.1. The van der Waals surface area contributed by atoms with Crippen molar-refractivity contribution < 1.29 is 10.6 Å². The number of phenolic OH excluding ortho intramolecular Hbond substituents is 1. The van der Waals surface area contributed by atoms with Gasteiger partial charge in [-0.3, -0.25) is 0 Å². The van der Waals surface area contributed by atoms with Crippen molar-refractivity contribution in [1.29, 1.82) is 0 Å². The van der Waals surface area contributed by atoms with Gasteiger partial charge < -0.3 is 10.4 Å². The lowest BCUT2D eigenvalue weighted by Crippen LogP contribution is -1.86. The summed E-state index contributed by atoms with van der Waals surface area (Å²) in [6.45, 7) is -2.49. The molecule has 0 aliphatic carbocycles. The second kappa shape index (κ2) is 4.31. The van der Waals surface area contributed by atoms with Gasteiger partial charge in [0.1, 0.15) is 10.8 Å². The summed E-state index contributed by atoms with van der Waals surface area (Å²) in [6, 6.07) is 11.6. The van der Waals surface area contributed by atoms with E-state index in [0.717, 1.165) is 20.8 Å². The number of nitrogens with one attached hydrogen (secondary N) is 1. The van der Waals surface area contributed by atoms with E-state index in [9.17, 15) is 5.11 Å². The molecule has 0 saturated heterocycles. The molecule has 3 rings (SSSR count). The van der Waals surface area contributed by atoms with Gasteiger partial charge in [-0.05, 0) is 42.5 Å². The molecule has 0 amide bonds. The van der Waals surface area contributed by atoms with Crippen LogP contribution in [0.25, 0.3) is 20.8 Å². The summed E-state index contributed by atoms with van der Waals surface area (Å²) >= 11 is 1.44. The Morgan fingerprint density at radius 1 is 1.28 bits per heavy atom. The number of anilines is 1. The van der Waals surface area contributed by atoms with E-state index in [1.54, 1.807) is 42.5 Å². The van der Waals surface area contributed by atoms with Gasteiger partial charge in [-0.15, -0.1) is 11.3 Å². The number of nitrogens with zero attached hydrogens (tertiary/aromatic N) is 1. The Balaban J connectivity index is 1.94. The van der Waals surface area contributed by atoms with Crippen molar-refractivity contribution >= 4 is 27.2 Å². The predicted octanol–water partition coefficient (Wildman–Crippen LogP) is 3.71. The molecular formula is C14H12N2OS. The Morgan fingerprint density at radius 2 is 2.11 bits per heavy atom. The van der Waals surface area contributed by atoms with Crippen LogP contribution in [-0.2, 0) is 0 Å². The van der Waals surface area contributed by atoms with Gasteiger partial charge in [-0.1, -0.05) is 0 Å². The van der Waals surface area contributed by atoms with Crippen LogP contribution < -0.4 is 5.31 Å². The Hall–Kier alpha value is -2.07. The summed E-state index contributed by atoms with van der Waals surface area (Å²) in [5.74, 6) is 0.195. The van der Waals surface area contributed by atoms with E-state index in [2.05, 4.69) is 4.98 Å². The maximum Gasteiger partial charge on any atom is 0.160 e. The molecule has 0 unspecified atom stereocenters. The van der Waals surface area contributed by atoms with Crippen LogP contribution in [0.4, 0.5) is 5.69 Å². The maximum atomic E-state index is 9.48. The molecule has 3 nitrogen and oxygen atoms in total. The van der Waals surface area contributed by atoms with Gasteiger partial charge in [0.25, 0.3) is 0 Å². The van der Waals surface area contributed by atoms with E-state index in [-0.39, 0.29) is 5.75 Å². The minimum Gasteiger partial charge on any atom is -0.508 e. The van der Waals surface area contributed by atoms with Crippen molar-refractivity contribution in [3.63, 3.8) is 0 Å². The Bertz CT molecular complexity index is 814. The lowest BCUT2D eigenvalue weighted by molar-refractivity contribution is 0.476. The third-order valence-electron chi connectivity index (χ3n) is 2.62. The number of phenols is 1. The van der Waals surface area contributed by atoms with Gasteiger partial charge in [0.2, 0.25) is 0 Å². The molecule has 0 saturated carbocycles. The molecule has 18 heavy (non-hydrogen) atoms. The quantitative estimate of drug-likeness (QED) is 0.741. The number of rotatable bonds is 2. The second-order valence-corrected chi connectivity index (χ2v) is 4.86. The number of aromatic hydroxyl groups is 1. The molecule has 2 N–H and O–H groups in total. The van der Waals surface area contributed by atoms with Crippen molar-refractivity contribution in [1.82, 2.24) is 4.98 Å². The number of fused-ring (bicyclic) bond motifs is 1. The summed E-state index contributed by atoms with van der Waals surface area (Å²) in [7, 11) is 0. The molecule has 1 aromatic heterocycles. The van der Waals surface area contributed by atoms with Gasteiger partial charge >= 0.3 is 0 Å². The number of thiazole rings is 1. The Labute approximate surface area is 114 Å². The number of hydrogen-bond acceptors (Lipinski definition) is 4. The monoisotopic (exact) mass is 264 g/mol. The standard InChI is InChI=1S/C14H12N2OS/c1-15-10-4-2-9(3-5-10)14-16-12-7-6-11(17)8-13(12)18-14/h2-8,15,17H,1H3/i1T3/hT. The van der Waals surface area contributed by atoms with E-state index in [1.165, 1.54) is 11.3 Å². The molecular weight excluding hydrogens is 244 g/mol. The van der Waals surface area contributed by atoms with E-state index >= 15 is 0 Å². The molecule has 90 valence electrons. The summed E-state index contributed by atoms with van der Waals surface area (Å²) in [6.07, 6.45) is 0. The van der Waals surface area contributed by atoms with Crippen molar-refractivity contribution in [2.75, 3.05) is 12.3 Å². The van der Waals surface area contributed by atoms with Crippen LogP contribution in [0.5, 0.6) is 5.75 Å². The lowest BCUT2D eigenvalue weighted by Gasteiger charge is -2.00. The molecule has 4 heteroatoms. The third-order valence-corrected chi connectivity index (χ3v) is 3.68. The van der Waals surface area contributed by atoms with E-state index in [1.807, 2.05) is 0 Å². The number of aromatic nitrogens is 1. The third kappa shape index (κ3) is 1.91. The molecule has 0 bridgehead atoms.